The van der Waals surface area contributed by atoms with Crippen molar-refractivity contribution in [1.82, 2.24) is 0 Å². The molecule has 6 heteroatoms. The van der Waals surface area contributed by atoms with Crippen molar-refractivity contribution in [2.24, 2.45) is 5.92 Å². The van der Waals surface area contributed by atoms with Crippen molar-refractivity contribution in [2.45, 2.75) is 117 Å². The number of esters is 1. The lowest BCUT2D eigenvalue weighted by Crippen LogP contribution is -2.54. The quantitative estimate of drug-likeness (QED) is 0.300. The average molecular weight is 433 g/mol. The summed E-state index contributed by atoms with van der Waals surface area (Å²) in [6, 6.07) is 0. The van der Waals surface area contributed by atoms with Crippen LogP contribution in [0.2, 0.25) is 29.7 Å². The summed E-state index contributed by atoms with van der Waals surface area (Å²) >= 11 is 0. The van der Waals surface area contributed by atoms with E-state index in [0.29, 0.717) is 18.9 Å². The van der Waals surface area contributed by atoms with Crippen LogP contribution in [-0.4, -0.2) is 41.0 Å². The Morgan fingerprint density at radius 1 is 0.857 bits per heavy atom. The monoisotopic (exact) mass is 432 g/mol. The molecule has 0 aromatic rings. The molecule has 0 aliphatic carbocycles. The van der Waals surface area contributed by atoms with Gasteiger partial charge in [0.25, 0.3) is 0 Å². The highest BCUT2D eigenvalue weighted by Crippen LogP contribution is 2.41. The molecule has 0 bridgehead atoms. The number of carbonyl (C=O) groups excluding carboxylic acids is 1. The van der Waals surface area contributed by atoms with Crippen LogP contribution in [0.4, 0.5) is 0 Å². The first-order chi connectivity index (χ1) is 12.2. The second-order valence-electron chi connectivity index (χ2n) is 12.1. The molecule has 0 aliphatic heterocycles. The zero-order valence-corrected chi connectivity index (χ0v) is 23.0. The van der Waals surface area contributed by atoms with Crippen LogP contribution in [0.25, 0.3) is 0 Å². The van der Waals surface area contributed by atoms with Crippen LogP contribution in [0.3, 0.4) is 0 Å². The first-order valence-corrected chi connectivity index (χ1v) is 16.2. The number of ether oxygens (including phenoxy) is 1. The van der Waals surface area contributed by atoms with Crippen LogP contribution in [-0.2, 0) is 18.4 Å². The topological polar surface area (TPSA) is 44.8 Å². The van der Waals surface area contributed by atoms with Gasteiger partial charge in [0, 0.05) is 13.0 Å². The lowest BCUT2D eigenvalue weighted by Gasteiger charge is -2.44. The molecule has 0 aliphatic rings. The summed E-state index contributed by atoms with van der Waals surface area (Å²) in [5.74, 6) is 0.186. The van der Waals surface area contributed by atoms with Crippen LogP contribution in [0.1, 0.15) is 82.1 Å². The third kappa shape index (κ3) is 9.55. The maximum atomic E-state index is 12.0. The molecule has 168 valence electrons. The van der Waals surface area contributed by atoms with Gasteiger partial charge >= 0.3 is 5.97 Å². The van der Waals surface area contributed by atoms with E-state index in [2.05, 4.69) is 68.1 Å². The van der Waals surface area contributed by atoms with Crippen LogP contribution in [0, 0.1) is 5.92 Å². The summed E-state index contributed by atoms with van der Waals surface area (Å²) in [6.07, 6.45) is 1.95. The predicted octanol–water partition coefficient (Wildman–Crippen LogP) is 6.70. The Bertz CT molecular complexity index is 498. The van der Waals surface area contributed by atoms with Gasteiger partial charge in [-0.05, 0) is 62.8 Å². The summed E-state index contributed by atoms with van der Waals surface area (Å²) in [6.45, 7) is 29.0. The molecule has 0 saturated carbocycles. The SMILES string of the molecule is CC(CCC(=O)OC(C)(C)C)CO[Si](C)(CO[Si](C)(C)C(C)(C)C)C(C)(C)C. The minimum atomic E-state index is -2.10. The first kappa shape index (κ1) is 27.8. The van der Waals surface area contributed by atoms with Crippen molar-refractivity contribution < 1.29 is 18.4 Å². The lowest BCUT2D eigenvalue weighted by molar-refractivity contribution is -0.155. The van der Waals surface area contributed by atoms with Crippen LogP contribution in [0.15, 0.2) is 0 Å². The Labute approximate surface area is 177 Å². The molecule has 0 spiro atoms. The van der Waals surface area contributed by atoms with Gasteiger partial charge in [-0.1, -0.05) is 48.5 Å². The zero-order valence-electron chi connectivity index (χ0n) is 21.0. The van der Waals surface area contributed by atoms with Gasteiger partial charge in [-0.2, -0.15) is 0 Å². The van der Waals surface area contributed by atoms with Gasteiger partial charge in [-0.25, -0.2) is 0 Å². The fourth-order valence-electron chi connectivity index (χ4n) is 2.18. The number of hydrogen-bond donors (Lipinski definition) is 0. The van der Waals surface area contributed by atoms with E-state index in [9.17, 15) is 4.79 Å². The third-order valence-electron chi connectivity index (χ3n) is 6.05. The van der Waals surface area contributed by atoms with Crippen molar-refractivity contribution in [3.05, 3.63) is 0 Å². The molecule has 0 rings (SSSR count). The Hall–Kier alpha value is -0.176. The van der Waals surface area contributed by atoms with Crippen LogP contribution < -0.4 is 0 Å². The van der Waals surface area contributed by atoms with E-state index in [4.69, 9.17) is 13.6 Å². The highest BCUT2D eigenvalue weighted by Gasteiger charge is 2.46. The van der Waals surface area contributed by atoms with Gasteiger partial charge in [-0.15, -0.1) is 0 Å². The maximum absolute atomic E-state index is 12.0. The Morgan fingerprint density at radius 3 is 1.75 bits per heavy atom. The fraction of sp³-hybridized carbons (Fsp3) is 0.955. The number of rotatable bonds is 9. The molecule has 0 N–H and O–H groups in total. The van der Waals surface area contributed by atoms with Gasteiger partial charge in [-0.3, -0.25) is 4.79 Å². The molecule has 0 aromatic carbocycles. The summed E-state index contributed by atoms with van der Waals surface area (Å²) in [5.41, 5.74) is -0.421. The molecule has 0 amide bonds. The summed E-state index contributed by atoms with van der Waals surface area (Å²) < 4.78 is 18.6. The molecule has 0 aromatic heterocycles. The summed E-state index contributed by atoms with van der Waals surface area (Å²) in [7, 11) is -3.91. The largest absolute Gasteiger partial charge is 0.460 e. The highest BCUT2D eigenvalue weighted by atomic mass is 28.4. The number of hydrogen-bond acceptors (Lipinski definition) is 4. The van der Waals surface area contributed by atoms with Gasteiger partial charge in [0.05, 0.1) is 6.23 Å². The first-order valence-electron chi connectivity index (χ1n) is 10.7. The Balaban J connectivity index is 4.83. The minimum Gasteiger partial charge on any atom is -0.460 e. The molecular formula is C22H48O4Si2. The van der Waals surface area contributed by atoms with Gasteiger partial charge in [0.1, 0.15) is 5.60 Å². The number of carbonyl (C=O) groups is 1. The van der Waals surface area contributed by atoms with E-state index in [1.54, 1.807) is 0 Å². The van der Waals surface area contributed by atoms with Gasteiger partial charge in [0.15, 0.2) is 8.32 Å². The van der Waals surface area contributed by atoms with Gasteiger partial charge < -0.3 is 13.6 Å². The second-order valence-corrected chi connectivity index (χ2v) is 21.4. The molecule has 2 atom stereocenters. The van der Waals surface area contributed by atoms with E-state index < -0.39 is 22.2 Å². The second kappa shape index (κ2) is 9.75. The molecule has 28 heavy (non-hydrogen) atoms. The van der Waals surface area contributed by atoms with Crippen molar-refractivity contribution in [2.75, 3.05) is 12.8 Å². The molecular weight excluding hydrogens is 384 g/mol. The van der Waals surface area contributed by atoms with Crippen molar-refractivity contribution in [3.63, 3.8) is 0 Å². The molecule has 0 radical (unpaired) electrons. The standard InChI is InChI=1S/C22H48O4Si2/c1-18(14-15-19(23)26-20(2,3)4)16-24-28(13,22(8,9)10)17-25-27(11,12)21(5,6)7/h18H,14-17H2,1-13H3. The normalized spacial score (nSPS) is 17.2. The lowest BCUT2D eigenvalue weighted by atomic mass is 10.1. The Morgan fingerprint density at radius 2 is 1.36 bits per heavy atom. The fourth-order valence-corrected chi connectivity index (χ4v) is 6.76. The van der Waals surface area contributed by atoms with E-state index in [1.165, 1.54) is 0 Å². The van der Waals surface area contributed by atoms with E-state index in [1.807, 2.05) is 20.8 Å². The smallest absolute Gasteiger partial charge is 0.306 e. The highest BCUT2D eigenvalue weighted by molar-refractivity contribution is 6.78. The molecule has 0 heterocycles. The average Bonchev–Trinajstić information content (AvgIpc) is 2.45. The van der Waals surface area contributed by atoms with E-state index in [-0.39, 0.29) is 16.0 Å². The van der Waals surface area contributed by atoms with Crippen molar-refractivity contribution >= 4 is 22.6 Å². The predicted molar refractivity (Wildman–Crippen MR) is 125 cm³/mol. The summed E-state index contributed by atoms with van der Waals surface area (Å²) in [5, 5.41) is 0.279. The van der Waals surface area contributed by atoms with Gasteiger partial charge in [0.2, 0.25) is 8.32 Å². The van der Waals surface area contributed by atoms with Crippen molar-refractivity contribution in [1.29, 1.82) is 0 Å². The maximum Gasteiger partial charge on any atom is 0.306 e. The molecule has 0 saturated heterocycles. The van der Waals surface area contributed by atoms with E-state index >= 15 is 0 Å². The van der Waals surface area contributed by atoms with Crippen LogP contribution >= 0.6 is 0 Å². The van der Waals surface area contributed by atoms with Crippen molar-refractivity contribution in [3.8, 4) is 0 Å². The molecule has 4 nitrogen and oxygen atoms in total. The minimum absolute atomic E-state index is 0.0836. The zero-order chi connectivity index (χ0) is 22.6. The summed E-state index contributed by atoms with van der Waals surface area (Å²) in [4.78, 5) is 12.0. The molecule has 2 unspecified atom stereocenters. The van der Waals surface area contributed by atoms with E-state index in [0.717, 1.165) is 12.7 Å². The Kier molecular flexibility index (Phi) is 9.69. The van der Waals surface area contributed by atoms with Crippen LogP contribution in [0.5, 0.6) is 0 Å². The molecule has 0 fully saturated rings. The third-order valence-corrected chi connectivity index (χ3v) is 15.5.